The molecule has 138 valence electrons. The lowest BCUT2D eigenvalue weighted by molar-refractivity contribution is -0.134. The summed E-state index contributed by atoms with van der Waals surface area (Å²) in [5, 5.41) is 0.811. The van der Waals surface area contributed by atoms with E-state index in [0.29, 0.717) is 36.7 Å². The highest BCUT2D eigenvalue weighted by Gasteiger charge is 2.13. The summed E-state index contributed by atoms with van der Waals surface area (Å²) in [5.41, 5.74) is 1.76. The minimum atomic E-state index is -0.429. The molecule has 2 heterocycles. The second-order valence-corrected chi connectivity index (χ2v) is 6.36. The zero-order chi connectivity index (χ0) is 18.8. The molecule has 6 nitrogen and oxygen atoms in total. The molecule has 0 amide bonds. The van der Waals surface area contributed by atoms with Crippen molar-refractivity contribution >= 4 is 16.9 Å². The average Bonchev–Trinajstić information content (AvgIpc) is 2.66. The summed E-state index contributed by atoms with van der Waals surface area (Å²) < 4.78 is 21.6. The molecule has 27 heavy (non-hydrogen) atoms. The molecule has 0 N–H and O–H groups in total. The molecule has 0 unspecified atom stereocenters. The number of hydrogen-bond donors (Lipinski definition) is 0. The molecule has 4 rings (SSSR count). The summed E-state index contributed by atoms with van der Waals surface area (Å²) in [5.74, 6) is 1.41. The summed E-state index contributed by atoms with van der Waals surface area (Å²) in [6.45, 7) is 2.90. The van der Waals surface area contributed by atoms with Crippen molar-refractivity contribution in [1.29, 1.82) is 0 Å². The van der Waals surface area contributed by atoms with Gasteiger partial charge in [-0.3, -0.25) is 4.79 Å². The molecule has 0 atom stereocenters. The van der Waals surface area contributed by atoms with Gasteiger partial charge in [-0.15, -0.1) is 0 Å². The van der Waals surface area contributed by atoms with Crippen LogP contribution < -0.4 is 19.8 Å². The predicted octanol–water partition coefficient (Wildman–Crippen LogP) is 3.41. The molecular weight excluding hydrogens is 348 g/mol. The van der Waals surface area contributed by atoms with Gasteiger partial charge in [0.15, 0.2) is 11.5 Å². The van der Waals surface area contributed by atoms with E-state index < -0.39 is 5.63 Å². The van der Waals surface area contributed by atoms with Crippen LogP contribution in [0.4, 0.5) is 0 Å². The van der Waals surface area contributed by atoms with Gasteiger partial charge in [0.25, 0.3) is 0 Å². The smallest absolute Gasteiger partial charge is 0.336 e. The van der Waals surface area contributed by atoms with E-state index in [0.717, 1.165) is 22.3 Å². The standard InChI is InChI=1S/C21H18O6/c1-13-10-21(23)27-18-12-15(4-5-16(13)18)26-20(22)7-3-14-2-6-17-19(11-14)25-9-8-24-17/h2,4-6,10-12H,3,7-9H2,1H3. The van der Waals surface area contributed by atoms with Crippen molar-refractivity contribution in [2.24, 2.45) is 0 Å². The van der Waals surface area contributed by atoms with Crippen molar-refractivity contribution in [1.82, 2.24) is 0 Å². The fourth-order valence-corrected chi connectivity index (χ4v) is 3.04. The molecule has 0 fully saturated rings. The van der Waals surface area contributed by atoms with E-state index in [-0.39, 0.29) is 12.4 Å². The second kappa shape index (κ2) is 7.15. The largest absolute Gasteiger partial charge is 0.486 e. The third kappa shape index (κ3) is 3.79. The Bertz CT molecular complexity index is 1070. The van der Waals surface area contributed by atoms with Crippen LogP contribution in [0.5, 0.6) is 17.2 Å². The topological polar surface area (TPSA) is 75.0 Å². The third-order valence-corrected chi connectivity index (χ3v) is 4.38. The first-order chi connectivity index (χ1) is 13.1. The normalized spacial score (nSPS) is 12.8. The monoisotopic (exact) mass is 366 g/mol. The Morgan fingerprint density at radius 1 is 1.04 bits per heavy atom. The molecular formula is C21H18O6. The molecule has 6 heteroatoms. The van der Waals surface area contributed by atoms with Crippen molar-refractivity contribution in [2.75, 3.05) is 13.2 Å². The lowest BCUT2D eigenvalue weighted by atomic mass is 10.1. The number of esters is 1. The molecule has 1 aliphatic rings. The molecule has 0 aliphatic carbocycles. The number of benzene rings is 2. The minimum Gasteiger partial charge on any atom is -0.486 e. The summed E-state index contributed by atoms with van der Waals surface area (Å²) >= 11 is 0. The Hall–Kier alpha value is -3.28. The van der Waals surface area contributed by atoms with Gasteiger partial charge in [0.1, 0.15) is 24.5 Å². The Kier molecular flexibility index (Phi) is 4.54. The molecule has 0 saturated carbocycles. The van der Waals surface area contributed by atoms with Crippen LogP contribution >= 0.6 is 0 Å². The van der Waals surface area contributed by atoms with Crippen molar-refractivity contribution in [3.63, 3.8) is 0 Å². The lowest BCUT2D eigenvalue weighted by Gasteiger charge is -2.18. The van der Waals surface area contributed by atoms with E-state index in [1.807, 2.05) is 25.1 Å². The first-order valence-corrected chi connectivity index (χ1v) is 8.72. The molecule has 0 radical (unpaired) electrons. The zero-order valence-electron chi connectivity index (χ0n) is 14.8. The van der Waals surface area contributed by atoms with Crippen LogP contribution in [0.25, 0.3) is 11.0 Å². The van der Waals surface area contributed by atoms with Gasteiger partial charge in [0.05, 0.1) is 0 Å². The molecule has 0 saturated heterocycles. The van der Waals surface area contributed by atoms with E-state index in [4.69, 9.17) is 18.6 Å². The number of ether oxygens (including phenoxy) is 3. The quantitative estimate of drug-likeness (QED) is 0.400. The molecule has 0 bridgehead atoms. The summed E-state index contributed by atoms with van der Waals surface area (Å²) in [6.07, 6.45) is 0.743. The van der Waals surface area contributed by atoms with Gasteiger partial charge in [-0.2, -0.15) is 0 Å². The molecule has 3 aromatic rings. The van der Waals surface area contributed by atoms with Crippen molar-refractivity contribution in [3.8, 4) is 17.2 Å². The van der Waals surface area contributed by atoms with Gasteiger partial charge < -0.3 is 18.6 Å². The Morgan fingerprint density at radius 2 is 1.85 bits per heavy atom. The van der Waals surface area contributed by atoms with Gasteiger partial charge in [0, 0.05) is 23.9 Å². The van der Waals surface area contributed by atoms with Gasteiger partial charge in [-0.05, 0) is 48.7 Å². The predicted molar refractivity (Wildman–Crippen MR) is 98.6 cm³/mol. The van der Waals surface area contributed by atoms with Crippen molar-refractivity contribution in [2.45, 2.75) is 19.8 Å². The number of fused-ring (bicyclic) bond motifs is 2. The highest BCUT2D eigenvalue weighted by molar-refractivity contribution is 5.82. The summed E-state index contributed by atoms with van der Waals surface area (Å²) in [6, 6.07) is 12.1. The van der Waals surface area contributed by atoms with Crippen LogP contribution in [0.3, 0.4) is 0 Å². The highest BCUT2D eigenvalue weighted by Crippen LogP contribution is 2.31. The maximum atomic E-state index is 12.2. The van der Waals surface area contributed by atoms with Crippen LogP contribution in [0, 0.1) is 6.92 Å². The van der Waals surface area contributed by atoms with Crippen LogP contribution in [0.1, 0.15) is 17.5 Å². The van der Waals surface area contributed by atoms with Crippen LogP contribution in [0.15, 0.2) is 51.7 Å². The van der Waals surface area contributed by atoms with Crippen LogP contribution in [-0.2, 0) is 11.2 Å². The number of carbonyl (C=O) groups excluding carboxylic acids is 1. The Morgan fingerprint density at radius 3 is 2.70 bits per heavy atom. The fourth-order valence-electron chi connectivity index (χ4n) is 3.04. The van der Waals surface area contributed by atoms with Crippen molar-refractivity contribution in [3.05, 3.63) is 64.0 Å². The zero-order valence-corrected chi connectivity index (χ0v) is 14.8. The summed E-state index contributed by atoms with van der Waals surface area (Å²) in [7, 11) is 0. The lowest BCUT2D eigenvalue weighted by Crippen LogP contribution is -2.15. The fraction of sp³-hybridized carbons (Fsp3) is 0.238. The molecule has 2 aromatic carbocycles. The van der Waals surface area contributed by atoms with E-state index in [9.17, 15) is 9.59 Å². The van der Waals surface area contributed by atoms with E-state index in [2.05, 4.69) is 0 Å². The maximum absolute atomic E-state index is 12.2. The number of aryl methyl sites for hydroxylation is 2. The average molecular weight is 366 g/mol. The third-order valence-electron chi connectivity index (χ3n) is 4.38. The van der Waals surface area contributed by atoms with Crippen LogP contribution in [-0.4, -0.2) is 19.2 Å². The van der Waals surface area contributed by atoms with Crippen LogP contribution in [0.2, 0.25) is 0 Å². The van der Waals surface area contributed by atoms with Gasteiger partial charge in [0.2, 0.25) is 0 Å². The maximum Gasteiger partial charge on any atom is 0.336 e. The molecule has 1 aliphatic heterocycles. The number of hydrogen-bond acceptors (Lipinski definition) is 6. The first-order valence-electron chi connectivity index (χ1n) is 8.72. The minimum absolute atomic E-state index is 0.218. The highest BCUT2D eigenvalue weighted by atomic mass is 16.6. The van der Waals surface area contributed by atoms with Gasteiger partial charge in [-0.25, -0.2) is 4.79 Å². The number of rotatable bonds is 4. The summed E-state index contributed by atoms with van der Waals surface area (Å²) in [4.78, 5) is 23.7. The number of carbonyl (C=O) groups is 1. The Balaban J connectivity index is 1.42. The van der Waals surface area contributed by atoms with Gasteiger partial charge in [-0.1, -0.05) is 6.07 Å². The molecule has 1 aromatic heterocycles. The van der Waals surface area contributed by atoms with E-state index in [1.165, 1.54) is 6.07 Å². The van der Waals surface area contributed by atoms with Crippen molar-refractivity contribution < 1.29 is 23.4 Å². The molecule has 0 spiro atoms. The first kappa shape index (κ1) is 17.1. The van der Waals surface area contributed by atoms with E-state index >= 15 is 0 Å². The van der Waals surface area contributed by atoms with E-state index in [1.54, 1.807) is 18.2 Å². The SMILES string of the molecule is Cc1cc(=O)oc2cc(OC(=O)CCc3ccc4c(c3)OCCO4)ccc12. The van der Waals surface area contributed by atoms with Gasteiger partial charge >= 0.3 is 11.6 Å². The Labute approximate surface area is 155 Å². The second-order valence-electron chi connectivity index (χ2n) is 6.36.